The predicted molar refractivity (Wildman–Crippen MR) is 197 cm³/mol. The quantitative estimate of drug-likeness (QED) is 0.107. The van der Waals surface area contributed by atoms with Crippen molar-refractivity contribution in [2.45, 2.75) is 57.0 Å². The van der Waals surface area contributed by atoms with Gasteiger partial charge in [0.25, 0.3) is 0 Å². The Hall–Kier alpha value is -5.99. The fourth-order valence-corrected chi connectivity index (χ4v) is 6.86. The highest BCUT2D eigenvalue weighted by molar-refractivity contribution is 5.89. The van der Waals surface area contributed by atoms with E-state index in [2.05, 4.69) is 47.8 Å². The van der Waals surface area contributed by atoms with Crippen LogP contribution in [0.1, 0.15) is 56.2 Å². The molecule has 5 N–H and O–H groups in total. The zero-order chi connectivity index (χ0) is 36.9. The third-order valence-corrected chi connectivity index (χ3v) is 9.84. The second-order valence-electron chi connectivity index (χ2n) is 13.5. The first-order chi connectivity index (χ1) is 25.8. The lowest BCUT2D eigenvalue weighted by Gasteiger charge is -2.28. The number of nitrogens with one attached hydrogen (secondary N) is 5. The number of aryl methyl sites for hydroxylation is 1. The summed E-state index contributed by atoms with van der Waals surface area (Å²) in [7, 11) is 2.56. The summed E-state index contributed by atoms with van der Waals surface area (Å²) in [5, 5.41) is 8.89. The zero-order valence-electron chi connectivity index (χ0n) is 29.7. The first-order valence-corrected chi connectivity index (χ1v) is 18.0. The van der Waals surface area contributed by atoms with Crippen molar-refractivity contribution >= 4 is 45.9 Å². The summed E-state index contributed by atoms with van der Waals surface area (Å²) >= 11 is 0. The number of unbranched alkanes of at least 4 members (excludes halogenated alkanes) is 1. The van der Waals surface area contributed by atoms with E-state index in [1.807, 2.05) is 47.5 Å². The minimum atomic E-state index is -0.639. The molecule has 1 saturated heterocycles. The molecule has 3 aromatic heterocycles. The van der Waals surface area contributed by atoms with Gasteiger partial charge in [0.2, 0.25) is 11.8 Å². The molecule has 2 unspecified atom stereocenters. The monoisotopic (exact) mass is 721 g/mol. The number of benzene rings is 2. The van der Waals surface area contributed by atoms with Gasteiger partial charge in [-0.2, -0.15) is 0 Å². The first kappa shape index (κ1) is 35.4. The molecule has 4 heterocycles. The molecule has 1 aliphatic heterocycles. The average Bonchev–Trinajstić information content (AvgIpc) is 3.51. The topological polar surface area (TPSA) is 196 Å². The number of aromatic amines is 2. The highest BCUT2D eigenvalue weighted by Gasteiger charge is 2.43. The molecule has 53 heavy (non-hydrogen) atoms. The number of fused-ring (bicyclic) bond motifs is 2. The number of imidazole rings is 2. The fourth-order valence-electron chi connectivity index (χ4n) is 6.86. The molecule has 276 valence electrons. The molecule has 7 rings (SSSR count). The molecule has 1 saturated carbocycles. The van der Waals surface area contributed by atoms with E-state index in [0.29, 0.717) is 13.1 Å². The third-order valence-electron chi connectivity index (χ3n) is 9.84. The third kappa shape index (κ3) is 8.24. The van der Waals surface area contributed by atoms with Crippen LogP contribution in [0.2, 0.25) is 0 Å². The van der Waals surface area contributed by atoms with Crippen LogP contribution in [0.15, 0.2) is 54.7 Å². The molecule has 15 nitrogen and oxygen atoms in total. The van der Waals surface area contributed by atoms with Gasteiger partial charge >= 0.3 is 12.2 Å². The number of methoxy groups -OCH3 is 2. The highest BCUT2D eigenvalue weighted by Crippen LogP contribution is 2.38. The van der Waals surface area contributed by atoms with Gasteiger partial charge in [0.15, 0.2) is 0 Å². The summed E-state index contributed by atoms with van der Waals surface area (Å²) in [5.74, 6) is 1.41. The molecule has 0 radical (unpaired) electrons. The summed E-state index contributed by atoms with van der Waals surface area (Å²) in [4.78, 5) is 71.6. The Morgan fingerprint density at radius 2 is 1.70 bits per heavy atom. The van der Waals surface area contributed by atoms with Crippen molar-refractivity contribution in [3.63, 3.8) is 0 Å². The number of hydrogen-bond donors (Lipinski definition) is 5. The summed E-state index contributed by atoms with van der Waals surface area (Å²) in [6.07, 6.45) is 6.44. The van der Waals surface area contributed by atoms with Crippen LogP contribution in [0.25, 0.3) is 44.5 Å². The maximum Gasteiger partial charge on any atom is 0.407 e. The second-order valence-corrected chi connectivity index (χ2v) is 13.5. The van der Waals surface area contributed by atoms with Crippen LogP contribution in [0.5, 0.6) is 0 Å². The Labute approximate surface area is 305 Å². The van der Waals surface area contributed by atoms with Crippen molar-refractivity contribution in [3.05, 3.63) is 66.4 Å². The number of likely N-dealkylation sites (tertiary alicyclic amines) is 1. The number of H-pyrrole nitrogens is 2. The lowest BCUT2D eigenvalue weighted by atomic mass is 10.1. The molecule has 2 aliphatic rings. The van der Waals surface area contributed by atoms with Crippen LogP contribution >= 0.6 is 0 Å². The predicted octanol–water partition coefficient (Wildman–Crippen LogP) is 4.76. The van der Waals surface area contributed by atoms with Crippen molar-refractivity contribution in [1.29, 1.82) is 0 Å². The first-order valence-electron chi connectivity index (χ1n) is 18.0. The summed E-state index contributed by atoms with van der Waals surface area (Å²) in [5.41, 5.74) is 6.26. The van der Waals surface area contributed by atoms with E-state index in [4.69, 9.17) is 14.7 Å². The summed E-state index contributed by atoms with van der Waals surface area (Å²) < 4.78 is 9.24. The van der Waals surface area contributed by atoms with E-state index in [-0.39, 0.29) is 30.3 Å². The van der Waals surface area contributed by atoms with Gasteiger partial charge in [0, 0.05) is 36.0 Å². The molecule has 2 aromatic carbocycles. The molecule has 1 aliphatic carbocycles. The SMILES string of the molecule is COC(=O)NCC(=O)NCCCCc1ncc(-c2ccc3nc(-c4ccc5nc(C6CCCN6C(=O)C(NC(=O)OC)C6CC6)[nH]c5c4)ccc3c2)[nH]1. The number of carbonyl (C=O) groups is 4. The molecule has 5 aromatic rings. The van der Waals surface area contributed by atoms with E-state index in [1.54, 1.807) is 0 Å². The van der Waals surface area contributed by atoms with Crippen LogP contribution in [0.4, 0.5) is 9.59 Å². The van der Waals surface area contributed by atoms with E-state index < -0.39 is 18.2 Å². The number of nitrogens with zero attached hydrogens (tertiary/aromatic N) is 4. The summed E-state index contributed by atoms with van der Waals surface area (Å²) in [6, 6.07) is 15.5. The molecule has 0 bridgehead atoms. The number of alkyl carbamates (subject to hydrolysis) is 2. The minimum absolute atomic E-state index is 0.0818. The average molecular weight is 722 g/mol. The van der Waals surface area contributed by atoms with Crippen molar-refractivity contribution in [2.75, 3.05) is 33.9 Å². The smallest absolute Gasteiger partial charge is 0.407 e. The van der Waals surface area contributed by atoms with Crippen molar-refractivity contribution in [1.82, 2.24) is 45.8 Å². The van der Waals surface area contributed by atoms with E-state index in [1.165, 1.54) is 14.2 Å². The van der Waals surface area contributed by atoms with Gasteiger partial charge in [-0.25, -0.2) is 24.5 Å². The van der Waals surface area contributed by atoms with Crippen molar-refractivity contribution in [3.8, 4) is 22.5 Å². The van der Waals surface area contributed by atoms with Crippen LogP contribution in [0.3, 0.4) is 0 Å². The molecular weight excluding hydrogens is 678 g/mol. The standard InChI is InChI=1S/C38H43N9O6/c1-52-37(50)41-21-33(48)39-16-4-3-7-32-40-20-30(43-32)24-11-14-26-23(18-24)10-13-27(42-26)25-12-15-28-29(19-25)45-35(44-28)31-6-5-17-47(31)36(49)34(22-8-9-22)46-38(51)53-2/h10-15,18-20,22,31,34H,3-9,16-17,21H2,1-2H3,(H,39,48)(H,40,43)(H,41,50)(H,44,45)(H,46,51). The van der Waals surface area contributed by atoms with E-state index >= 15 is 0 Å². The number of aromatic nitrogens is 5. The second kappa shape index (κ2) is 15.7. The number of hydrogen-bond acceptors (Lipinski definition) is 9. The van der Waals surface area contributed by atoms with Crippen LogP contribution in [-0.2, 0) is 25.5 Å². The lowest BCUT2D eigenvalue weighted by molar-refractivity contribution is -0.135. The van der Waals surface area contributed by atoms with Gasteiger partial charge in [0.1, 0.15) is 17.7 Å². The number of amides is 4. The molecule has 0 spiro atoms. The van der Waals surface area contributed by atoms with E-state index in [0.717, 1.165) is 101 Å². The van der Waals surface area contributed by atoms with E-state index in [9.17, 15) is 19.2 Å². The van der Waals surface area contributed by atoms with Gasteiger partial charge in [0.05, 0.1) is 60.9 Å². The molecule has 2 atom stereocenters. The van der Waals surface area contributed by atoms with Gasteiger partial charge in [-0.15, -0.1) is 0 Å². The number of ether oxygens (including phenoxy) is 2. The largest absolute Gasteiger partial charge is 0.453 e. The molecule has 15 heteroatoms. The Morgan fingerprint density at radius 3 is 2.51 bits per heavy atom. The van der Waals surface area contributed by atoms with Gasteiger partial charge in [-0.3, -0.25) is 9.59 Å². The van der Waals surface area contributed by atoms with Crippen LogP contribution in [0, 0.1) is 5.92 Å². The Bertz CT molecular complexity index is 2140. The van der Waals surface area contributed by atoms with Gasteiger partial charge in [-0.05, 0) is 74.8 Å². The number of carbonyl (C=O) groups excluding carboxylic acids is 4. The normalized spacial score (nSPS) is 16.0. The Kier molecular flexibility index (Phi) is 10.5. The molecular formula is C38H43N9O6. The Balaban J connectivity index is 0.978. The van der Waals surface area contributed by atoms with Crippen molar-refractivity contribution in [2.24, 2.45) is 5.92 Å². The summed E-state index contributed by atoms with van der Waals surface area (Å²) in [6.45, 7) is 1.00. The maximum atomic E-state index is 13.6. The Morgan fingerprint density at radius 1 is 0.887 bits per heavy atom. The van der Waals surface area contributed by atoms with Crippen molar-refractivity contribution < 1.29 is 28.7 Å². The molecule has 2 fully saturated rings. The van der Waals surface area contributed by atoms with Gasteiger partial charge < -0.3 is 40.3 Å². The fraction of sp³-hybridized carbons (Fsp3) is 0.395. The highest BCUT2D eigenvalue weighted by atomic mass is 16.5. The van der Waals surface area contributed by atoms with Crippen LogP contribution < -0.4 is 16.0 Å². The minimum Gasteiger partial charge on any atom is -0.453 e. The van der Waals surface area contributed by atoms with Crippen LogP contribution in [-0.4, -0.2) is 93.7 Å². The maximum absolute atomic E-state index is 13.6. The number of rotatable bonds is 13. The molecule has 4 amide bonds. The number of pyridine rings is 1. The zero-order valence-corrected chi connectivity index (χ0v) is 29.7. The van der Waals surface area contributed by atoms with Gasteiger partial charge in [-0.1, -0.05) is 18.2 Å². The lowest BCUT2D eigenvalue weighted by Crippen LogP contribution is -2.49.